The molecule has 0 spiro atoms. The van der Waals surface area contributed by atoms with Gasteiger partial charge in [-0.05, 0) is 48.9 Å². The molecule has 0 radical (unpaired) electrons. The molecular weight excluding hydrogens is 429 g/mol. The van der Waals surface area contributed by atoms with Crippen molar-refractivity contribution in [3.63, 3.8) is 0 Å². The molecule has 0 amide bonds. The highest BCUT2D eigenvalue weighted by atomic mass is 32.2. The van der Waals surface area contributed by atoms with E-state index < -0.39 is 0 Å². The number of carbonyl (C=O) groups excluding carboxylic acids is 1. The molecule has 2 aromatic carbocycles. The zero-order valence-electron chi connectivity index (χ0n) is 18.1. The molecule has 1 aliphatic heterocycles. The molecule has 0 bridgehead atoms. The Hall–Kier alpha value is -2.71. The van der Waals surface area contributed by atoms with E-state index in [-0.39, 0.29) is 22.9 Å². The lowest BCUT2D eigenvalue weighted by Crippen LogP contribution is -2.36. The predicted octanol–water partition coefficient (Wildman–Crippen LogP) is 4.15. The Morgan fingerprint density at radius 1 is 1.16 bits per heavy atom. The molecule has 32 heavy (non-hydrogen) atoms. The van der Waals surface area contributed by atoms with Crippen LogP contribution in [0.5, 0.6) is 0 Å². The SMILES string of the molecule is CCCCn1c(SCC(=O)c2ccc(F)cc2)nc2ccc(N3CCOCC3)cc2c1=O. The Morgan fingerprint density at radius 3 is 2.62 bits per heavy atom. The molecule has 2 heterocycles. The summed E-state index contributed by atoms with van der Waals surface area (Å²) in [7, 11) is 0. The fourth-order valence-electron chi connectivity index (χ4n) is 3.68. The van der Waals surface area contributed by atoms with Crippen molar-refractivity contribution in [3.8, 4) is 0 Å². The Bertz CT molecular complexity index is 1160. The van der Waals surface area contributed by atoms with Gasteiger partial charge >= 0.3 is 0 Å². The molecule has 0 aliphatic carbocycles. The lowest BCUT2D eigenvalue weighted by atomic mass is 10.1. The van der Waals surface area contributed by atoms with Crippen LogP contribution in [0.2, 0.25) is 0 Å². The van der Waals surface area contributed by atoms with Crippen molar-refractivity contribution in [1.82, 2.24) is 9.55 Å². The monoisotopic (exact) mass is 455 g/mol. The Labute approximate surface area is 190 Å². The summed E-state index contributed by atoms with van der Waals surface area (Å²) >= 11 is 1.25. The van der Waals surface area contributed by atoms with Crippen LogP contribution >= 0.6 is 11.8 Å². The van der Waals surface area contributed by atoms with Crippen molar-refractivity contribution >= 4 is 34.1 Å². The van der Waals surface area contributed by atoms with Gasteiger partial charge in [0.15, 0.2) is 10.9 Å². The number of nitrogens with zero attached hydrogens (tertiary/aromatic N) is 3. The van der Waals surface area contributed by atoms with Crippen molar-refractivity contribution in [2.75, 3.05) is 37.0 Å². The van der Waals surface area contributed by atoms with E-state index in [1.54, 1.807) is 4.57 Å². The average molecular weight is 456 g/mol. The number of ether oxygens (including phenoxy) is 1. The summed E-state index contributed by atoms with van der Waals surface area (Å²) < 4.78 is 20.2. The number of benzene rings is 2. The molecule has 6 nitrogen and oxygen atoms in total. The molecular formula is C24H26FN3O3S. The first kappa shape index (κ1) is 22.5. The molecule has 168 valence electrons. The van der Waals surface area contributed by atoms with Gasteiger partial charge in [-0.2, -0.15) is 0 Å². The molecule has 8 heteroatoms. The maximum absolute atomic E-state index is 13.4. The van der Waals surface area contributed by atoms with E-state index in [9.17, 15) is 14.0 Å². The number of halogens is 1. The summed E-state index contributed by atoms with van der Waals surface area (Å²) in [5, 5.41) is 1.12. The molecule has 0 atom stereocenters. The minimum Gasteiger partial charge on any atom is -0.378 e. The lowest BCUT2D eigenvalue weighted by molar-refractivity contribution is 0.102. The van der Waals surface area contributed by atoms with Crippen molar-refractivity contribution in [3.05, 3.63) is 64.2 Å². The molecule has 4 rings (SSSR count). The van der Waals surface area contributed by atoms with Gasteiger partial charge in [0.2, 0.25) is 0 Å². The van der Waals surface area contributed by atoms with Gasteiger partial charge in [-0.25, -0.2) is 9.37 Å². The molecule has 3 aromatic rings. The third-order valence-electron chi connectivity index (χ3n) is 5.51. The minimum atomic E-state index is -0.379. The van der Waals surface area contributed by atoms with Crippen molar-refractivity contribution in [2.24, 2.45) is 0 Å². The second-order valence-electron chi connectivity index (χ2n) is 7.72. The third kappa shape index (κ3) is 5.02. The van der Waals surface area contributed by atoms with Gasteiger partial charge < -0.3 is 9.64 Å². The molecule has 1 fully saturated rings. The number of rotatable bonds is 8. The first-order chi connectivity index (χ1) is 15.6. The van der Waals surface area contributed by atoms with Crippen LogP contribution in [0.15, 0.2) is 52.4 Å². The van der Waals surface area contributed by atoms with Crippen LogP contribution in [0, 0.1) is 5.82 Å². The molecule has 0 unspecified atom stereocenters. The van der Waals surface area contributed by atoms with Crippen molar-refractivity contribution in [2.45, 2.75) is 31.5 Å². The summed E-state index contributed by atoms with van der Waals surface area (Å²) in [5.41, 5.74) is 1.97. The third-order valence-corrected chi connectivity index (χ3v) is 6.49. The van der Waals surface area contributed by atoms with Crippen LogP contribution in [0.1, 0.15) is 30.1 Å². The molecule has 0 N–H and O–H groups in total. The van der Waals surface area contributed by atoms with E-state index in [2.05, 4.69) is 11.8 Å². The normalized spacial score (nSPS) is 14.1. The largest absolute Gasteiger partial charge is 0.378 e. The van der Waals surface area contributed by atoms with Gasteiger partial charge in [-0.1, -0.05) is 25.1 Å². The summed E-state index contributed by atoms with van der Waals surface area (Å²) in [5.74, 6) is -0.383. The van der Waals surface area contributed by atoms with Gasteiger partial charge in [0.05, 0.1) is 29.9 Å². The quantitative estimate of drug-likeness (QED) is 0.289. The number of aromatic nitrogens is 2. The van der Waals surface area contributed by atoms with E-state index in [0.29, 0.717) is 41.4 Å². The number of fused-ring (bicyclic) bond motifs is 1. The van der Waals surface area contributed by atoms with Gasteiger partial charge in [0.25, 0.3) is 5.56 Å². The van der Waals surface area contributed by atoms with Crippen molar-refractivity contribution in [1.29, 1.82) is 0 Å². The molecule has 0 saturated carbocycles. The molecule has 1 saturated heterocycles. The highest BCUT2D eigenvalue weighted by Gasteiger charge is 2.17. The minimum absolute atomic E-state index is 0.0877. The van der Waals surface area contributed by atoms with Gasteiger partial charge in [-0.15, -0.1) is 0 Å². The summed E-state index contributed by atoms with van der Waals surface area (Å²) in [4.78, 5) is 32.9. The second-order valence-corrected chi connectivity index (χ2v) is 8.67. The topological polar surface area (TPSA) is 64.4 Å². The number of hydrogen-bond acceptors (Lipinski definition) is 6. The van der Waals surface area contributed by atoms with Crippen LogP contribution < -0.4 is 10.5 Å². The van der Waals surface area contributed by atoms with Gasteiger partial charge in [0.1, 0.15) is 5.82 Å². The Morgan fingerprint density at radius 2 is 1.91 bits per heavy atom. The van der Waals surface area contributed by atoms with Crippen LogP contribution in [0.25, 0.3) is 10.9 Å². The zero-order valence-corrected chi connectivity index (χ0v) is 18.9. The van der Waals surface area contributed by atoms with Crippen LogP contribution in [-0.2, 0) is 11.3 Å². The van der Waals surface area contributed by atoms with Crippen LogP contribution in [0.3, 0.4) is 0 Å². The number of thioether (sulfide) groups is 1. The van der Waals surface area contributed by atoms with E-state index >= 15 is 0 Å². The number of ketones is 1. The maximum Gasteiger partial charge on any atom is 0.262 e. The van der Waals surface area contributed by atoms with E-state index in [1.165, 1.54) is 36.0 Å². The fourth-order valence-corrected chi connectivity index (χ4v) is 4.60. The number of anilines is 1. The maximum atomic E-state index is 13.4. The predicted molar refractivity (Wildman–Crippen MR) is 125 cm³/mol. The highest BCUT2D eigenvalue weighted by molar-refractivity contribution is 7.99. The molecule has 1 aromatic heterocycles. The van der Waals surface area contributed by atoms with Crippen LogP contribution in [0.4, 0.5) is 10.1 Å². The summed E-state index contributed by atoms with van der Waals surface area (Å²) in [6.45, 7) is 5.56. The van der Waals surface area contributed by atoms with E-state index in [4.69, 9.17) is 9.72 Å². The zero-order chi connectivity index (χ0) is 22.5. The second kappa shape index (κ2) is 10.3. The number of carbonyl (C=O) groups is 1. The number of unbranched alkanes of at least 4 members (excludes halogenated alkanes) is 1. The molecule has 1 aliphatic rings. The first-order valence-corrected chi connectivity index (χ1v) is 11.8. The Kier molecular flexibility index (Phi) is 7.22. The highest BCUT2D eigenvalue weighted by Crippen LogP contribution is 2.24. The van der Waals surface area contributed by atoms with Gasteiger partial charge in [0, 0.05) is 30.9 Å². The number of Topliss-reactive ketones (excluding diaryl/α,β-unsaturated/α-hetero) is 1. The van der Waals surface area contributed by atoms with Crippen molar-refractivity contribution < 1.29 is 13.9 Å². The summed E-state index contributed by atoms with van der Waals surface area (Å²) in [6, 6.07) is 11.3. The summed E-state index contributed by atoms with van der Waals surface area (Å²) in [6.07, 6.45) is 1.78. The van der Waals surface area contributed by atoms with Crippen LogP contribution in [-0.4, -0.2) is 47.4 Å². The Balaban J connectivity index is 1.63. The standard InChI is InChI=1S/C24H26FN3O3S/c1-2-3-10-28-23(30)20-15-19(27-11-13-31-14-12-27)8-9-21(20)26-24(28)32-16-22(29)17-4-6-18(25)7-5-17/h4-9,15H,2-3,10-14,16H2,1H3. The number of morpholine rings is 1. The average Bonchev–Trinajstić information content (AvgIpc) is 2.83. The first-order valence-electron chi connectivity index (χ1n) is 10.9. The lowest BCUT2D eigenvalue weighted by Gasteiger charge is -2.29. The van der Waals surface area contributed by atoms with E-state index in [0.717, 1.165) is 31.6 Å². The van der Waals surface area contributed by atoms with Gasteiger partial charge in [-0.3, -0.25) is 14.2 Å². The fraction of sp³-hybridized carbons (Fsp3) is 0.375. The van der Waals surface area contributed by atoms with E-state index in [1.807, 2.05) is 18.2 Å². The number of hydrogen-bond donors (Lipinski definition) is 0. The smallest absolute Gasteiger partial charge is 0.262 e.